The first-order chi connectivity index (χ1) is 48.7. The average molecular weight is 1390 g/mol. The van der Waals surface area contributed by atoms with Crippen LogP contribution >= 0.6 is 0 Å². The van der Waals surface area contributed by atoms with Gasteiger partial charge in [0.15, 0.2) is 23.0 Å². The van der Waals surface area contributed by atoms with Crippen molar-refractivity contribution in [2.24, 2.45) is 21.8 Å². The smallest absolute Gasteiger partial charge is 0.260 e. The van der Waals surface area contributed by atoms with Crippen molar-refractivity contribution in [2.45, 2.75) is 89.9 Å². The molecule has 0 bridgehead atoms. The number of anilines is 1. The molecule has 3 aromatic carbocycles. The molecule has 6 aliphatic rings. The fraction of sp³-hybridized carbons (Fsp3) is 0.542. The first kappa shape index (κ1) is 75.7. The van der Waals surface area contributed by atoms with Crippen LogP contribution in [0.15, 0.2) is 88.6 Å². The zero-order valence-electron chi connectivity index (χ0n) is 57.8. The maximum absolute atomic E-state index is 14.1. The summed E-state index contributed by atoms with van der Waals surface area (Å²) in [4.78, 5) is 105. The van der Waals surface area contributed by atoms with Crippen LogP contribution in [0.3, 0.4) is 0 Å². The van der Waals surface area contributed by atoms with E-state index in [-0.39, 0.29) is 80.4 Å². The van der Waals surface area contributed by atoms with E-state index in [9.17, 15) is 33.6 Å². The van der Waals surface area contributed by atoms with E-state index in [1.165, 1.54) is 49.7 Å². The van der Waals surface area contributed by atoms with Crippen LogP contribution in [0.5, 0.6) is 23.0 Å². The highest BCUT2D eigenvalue weighted by atomic mass is 16.6. The molecule has 0 radical (unpaired) electrons. The van der Waals surface area contributed by atoms with Crippen LogP contribution in [0.25, 0.3) is 5.57 Å². The second-order valence-electron chi connectivity index (χ2n) is 24.7. The number of ether oxygens (including phenoxy) is 12. The lowest BCUT2D eigenvalue weighted by Crippen LogP contribution is -2.53. The normalized spacial score (nSPS) is 17.3. The fourth-order valence-electron chi connectivity index (χ4n) is 11.4. The summed E-state index contributed by atoms with van der Waals surface area (Å²) in [6.07, 6.45) is 14.8. The number of nitrogens with one attached hydrogen (secondary N) is 4. The van der Waals surface area contributed by atoms with E-state index in [0.717, 1.165) is 17.6 Å². The molecule has 4 atom stereocenters. The van der Waals surface area contributed by atoms with Gasteiger partial charge in [-0.25, -0.2) is 0 Å². The van der Waals surface area contributed by atoms with Crippen molar-refractivity contribution >= 4 is 76.4 Å². The molecule has 5 heterocycles. The Labute approximate surface area is 583 Å². The Balaban J connectivity index is 0.572. The molecule has 100 heavy (non-hydrogen) atoms. The van der Waals surface area contributed by atoms with Gasteiger partial charge >= 0.3 is 0 Å². The minimum absolute atomic E-state index is 0.0215. The molecule has 0 aromatic heterocycles. The van der Waals surface area contributed by atoms with Gasteiger partial charge in [0.1, 0.15) is 12.1 Å². The molecule has 28 heteroatoms. The summed E-state index contributed by atoms with van der Waals surface area (Å²) < 4.78 is 67.9. The van der Waals surface area contributed by atoms with Crippen LogP contribution < -0.4 is 40.2 Å². The molecule has 0 saturated heterocycles. The van der Waals surface area contributed by atoms with E-state index in [0.29, 0.717) is 188 Å². The number of amides is 7. The Kier molecular flexibility index (Phi) is 29.9. The van der Waals surface area contributed by atoms with Crippen LogP contribution in [-0.2, 0) is 61.9 Å². The molecule has 1 aliphatic carbocycles. The van der Waals surface area contributed by atoms with Gasteiger partial charge in [-0.3, -0.25) is 48.4 Å². The SMILES string of the molecule is COc1cc2c(cc1OCCCOc1cc3c(cc1OC)C(=O)N1C=C(C4CC4)CC1C=N3)N=CC1CC(c3ccc(NC(=O)[C@H](C)NC(=O)[C@@H](NC(=O)CCOCCOCCOCCOCCOCCOCCOCCOCCNCCCN4C(=O)C=CC4=O)C(C)C)cc3)=CN1C2=O. The molecule has 1 fully saturated rings. The van der Waals surface area contributed by atoms with Crippen LogP contribution in [0.2, 0.25) is 0 Å². The van der Waals surface area contributed by atoms with Crippen molar-refractivity contribution in [2.75, 3.05) is 158 Å². The Morgan fingerprint density at radius 3 is 1.53 bits per heavy atom. The number of carbonyl (C=O) groups is 7. The minimum atomic E-state index is -0.933. The lowest BCUT2D eigenvalue weighted by Gasteiger charge is -2.24. The third-order valence-electron chi connectivity index (χ3n) is 17.0. The molecule has 0 spiro atoms. The zero-order chi connectivity index (χ0) is 70.6. The third-order valence-corrected chi connectivity index (χ3v) is 17.0. The second kappa shape index (κ2) is 39.5. The number of nitrogens with zero attached hydrogens (tertiary/aromatic N) is 5. The maximum Gasteiger partial charge on any atom is 0.260 e. The number of imide groups is 1. The summed E-state index contributed by atoms with van der Waals surface area (Å²) in [7, 11) is 3.05. The van der Waals surface area contributed by atoms with Gasteiger partial charge in [0.2, 0.25) is 17.7 Å². The number of methoxy groups -OCH3 is 2. The summed E-state index contributed by atoms with van der Waals surface area (Å²) in [6, 6.07) is 11.7. The van der Waals surface area contributed by atoms with Gasteiger partial charge in [-0.1, -0.05) is 26.0 Å². The van der Waals surface area contributed by atoms with Crippen molar-refractivity contribution in [3.05, 3.63) is 95.3 Å². The second-order valence-corrected chi connectivity index (χ2v) is 24.7. The molecule has 542 valence electrons. The van der Waals surface area contributed by atoms with Crippen LogP contribution in [0, 0.1) is 11.8 Å². The molecular formula is C72H95N9O19. The summed E-state index contributed by atoms with van der Waals surface area (Å²) in [5.74, 6) is -0.201. The summed E-state index contributed by atoms with van der Waals surface area (Å²) in [5, 5.41) is 11.6. The quantitative estimate of drug-likeness (QED) is 0.0386. The Bertz CT molecular complexity index is 3410. The van der Waals surface area contributed by atoms with Gasteiger partial charge in [0.05, 0.1) is 168 Å². The van der Waals surface area contributed by atoms with E-state index in [4.69, 9.17) is 66.8 Å². The van der Waals surface area contributed by atoms with E-state index >= 15 is 0 Å². The number of benzene rings is 3. The molecule has 3 aromatic rings. The fourth-order valence-corrected chi connectivity index (χ4v) is 11.4. The Morgan fingerprint density at radius 1 is 0.540 bits per heavy atom. The number of carbonyl (C=O) groups excluding carboxylic acids is 7. The molecule has 1 saturated carbocycles. The van der Waals surface area contributed by atoms with Gasteiger partial charge in [0.25, 0.3) is 23.6 Å². The number of rotatable bonds is 47. The number of fused-ring (bicyclic) bond motifs is 4. The Hall–Kier alpha value is -8.45. The molecular weight excluding hydrogens is 1290 g/mol. The number of hydrogen-bond acceptors (Lipinski definition) is 22. The Morgan fingerprint density at radius 2 is 1.03 bits per heavy atom. The number of aliphatic imine (C=N–C) groups is 2. The zero-order valence-corrected chi connectivity index (χ0v) is 57.8. The van der Waals surface area contributed by atoms with Crippen molar-refractivity contribution in [1.29, 1.82) is 0 Å². The van der Waals surface area contributed by atoms with Crippen LogP contribution in [0.1, 0.15) is 92.0 Å². The summed E-state index contributed by atoms with van der Waals surface area (Å²) >= 11 is 0. The lowest BCUT2D eigenvalue weighted by atomic mass is 10.0. The monoisotopic (exact) mass is 1390 g/mol. The molecule has 28 nitrogen and oxygen atoms in total. The van der Waals surface area contributed by atoms with Gasteiger partial charge in [0, 0.05) is 87.2 Å². The first-order valence-electron chi connectivity index (χ1n) is 34.4. The largest absolute Gasteiger partial charge is 0.493 e. The highest BCUT2D eigenvalue weighted by molar-refractivity contribution is 6.13. The molecule has 7 amide bonds. The first-order valence-corrected chi connectivity index (χ1v) is 34.4. The van der Waals surface area contributed by atoms with E-state index < -0.39 is 23.9 Å². The van der Waals surface area contributed by atoms with Gasteiger partial charge in [-0.05, 0) is 92.0 Å². The van der Waals surface area contributed by atoms with Crippen molar-refractivity contribution in [3.8, 4) is 23.0 Å². The van der Waals surface area contributed by atoms with Crippen molar-refractivity contribution in [1.82, 2.24) is 30.7 Å². The van der Waals surface area contributed by atoms with Crippen molar-refractivity contribution < 1.29 is 90.4 Å². The number of hydrogen-bond donors (Lipinski definition) is 4. The van der Waals surface area contributed by atoms with Crippen molar-refractivity contribution in [3.63, 3.8) is 0 Å². The van der Waals surface area contributed by atoms with Gasteiger partial charge in [-0.2, -0.15) is 0 Å². The predicted molar refractivity (Wildman–Crippen MR) is 370 cm³/mol. The summed E-state index contributed by atoms with van der Waals surface area (Å²) in [6.45, 7) is 13.8. The van der Waals surface area contributed by atoms with Gasteiger partial charge in [-0.15, -0.1) is 0 Å². The third kappa shape index (κ3) is 22.5. The molecule has 9 rings (SSSR count). The predicted octanol–water partition coefficient (Wildman–Crippen LogP) is 5.76. The summed E-state index contributed by atoms with van der Waals surface area (Å²) in [5.41, 5.74) is 5.35. The lowest BCUT2D eigenvalue weighted by molar-refractivity contribution is -0.137. The minimum Gasteiger partial charge on any atom is -0.493 e. The average Bonchev–Trinajstić information content (AvgIpc) is 1.61. The van der Waals surface area contributed by atoms with E-state index in [2.05, 4.69) is 21.3 Å². The van der Waals surface area contributed by atoms with E-state index in [1.807, 2.05) is 30.7 Å². The van der Waals surface area contributed by atoms with Gasteiger partial charge < -0.3 is 87.9 Å². The standard InChI is InChI=1S/C72H95N9O19/c1-48(2)68(78-65(82)16-22-91-24-26-93-28-30-95-32-34-97-36-37-98-35-33-96-31-29-94-27-25-92-23-18-73-17-6-19-79-66(83)14-15-67(79)84)70(86)76-49(3)69(85)77-54-12-10-51(11-13-54)53-39-56-45-75-60-43-64(62(90-5)41-58(60)72(88)81(56)47-53)100-21-7-20-99-63-42-59-57(40-61(63)89-4)71(87)80-46-52(50-8-9-50)38-55(80)44-74-59/h10-15,40-50,55-56,68,73H,6-9,16-39H2,1-5H3,(H,76,86)(H,77,85)(H,78,82)/t49-,55?,56?,68-/m0/s1. The highest BCUT2D eigenvalue weighted by Crippen LogP contribution is 2.45. The van der Waals surface area contributed by atoms with Crippen LogP contribution in [0.4, 0.5) is 17.1 Å². The maximum atomic E-state index is 14.1. The van der Waals surface area contributed by atoms with E-state index in [1.54, 1.807) is 73.2 Å². The van der Waals surface area contributed by atoms with Crippen LogP contribution in [-0.4, -0.2) is 245 Å². The highest BCUT2D eigenvalue weighted by Gasteiger charge is 2.39. The molecule has 4 N–H and O–H groups in total. The molecule has 5 aliphatic heterocycles. The topological polar surface area (TPSA) is 313 Å². The molecule has 2 unspecified atom stereocenters.